The zero-order valence-electron chi connectivity index (χ0n) is 19.1. The molecule has 4 rings (SSSR count). The number of hydrogen-bond donors (Lipinski definition) is 0. The summed E-state index contributed by atoms with van der Waals surface area (Å²) in [7, 11) is 6.40. The highest BCUT2D eigenvalue weighted by Crippen LogP contribution is 2.36. The van der Waals surface area contributed by atoms with Gasteiger partial charge in [-0.25, -0.2) is 0 Å². The normalized spacial score (nSPS) is 15.9. The molecule has 0 saturated carbocycles. The highest BCUT2D eigenvalue weighted by atomic mass is 16.5. The summed E-state index contributed by atoms with van der Waals surface area (Å²) in [5.41, 5.74) is 3.20. The van der Waals surface area contributed by atoms with Gasteiger partial charge >= 0.3 is 6.17 Å². The fraction of sp³-hybridized carbons (Fsp3) is 0.292. The Labute approximate surface area is 191 Å². The first-order chi connectivity index (χ1) is 15.9. The first-order valence-electron chi connectivity index (χ1n) is 10.3. The quantitative estimate of drug-likeness (QED) is 0.343. The molecule has 2 heterocycles. The van der Waals surface area contributed by atoms with Gasteiger partial charge in [0, 0.05) is 23.8 Å². The molecule has 0 amide bonds. The molecule has 1 aromatic heterocycles. The number of rotatable bonds is 8. The van der Waals surface area contributed by atoms with Crippen LogP contribution in [0.3, 0.4) is 0 Å². The smallest absolute Gasteiger partial charge is 0.320 e. The number of benzene rings is 2. The molecule has 0 fully saturated rings. The topological polar surface area (TPSA) is 98.0 Å². The molecule has 33 heavy (non-hydrogen) atoms. The van der Waals surface area contributed by atoms with Crippen molar-refractivity contribution in [3.05, 3.63) is 71.0 Å². The fourth-order valence-electron chi connectivity index (χ4n) is 3.68. The molecule has 0 radical (unpaired) electrons. The van der Waals surface area contributed by atoms with E-state index >= 15 is 0 Å². The van der Waals surface area contributed by atoms with Crippen molar-refractivity contribution < 1.29 is 28.2 Å². The van der Waals surface area contributed by atoms with Gasteiger partial charge in [0.25, 0.3) is 0 Å². The van der Waals surface area contributed by atoms with Crippen molar-refractivity contribution in [3.8, 4) is 22.8 Å². The van der Waals surface area contributed by atoms with Crippen molar-refractivity contribution in [2.24, 2.45) is 15.5 Å². The molecule has 0 N–H and O–H groups in total. The highest BCUT2D eigenvalue weighted by molar-refractivity contribution is 5.98. The molecule has 0 bridgehead atoms. The Morgan fingerprint density at radius 2 is 1.70 bits per heavy atom. The maximum Gasteiger partial charge on any atom is 0.320 e. The molecular weight excluding hydrogens is 424 g/mol. The Morgan fingerprint density at radius 3 is 2.24 bits per heavy atom. The third-order valence-corrected chi connectivity index (χ3v) is 5.46. The lowest BCUT2D eigenvalue weighted by atomic mass is 10.0. The molecule has 0 saturated heterocycles. The number of carbonyl (C=O) groups is 1. The number of carbonyl (C=O) groups excluding carboxylic acids is 1. The largest absolute Gasteiger partial charge is 0.496 e. The number of Topliss-reactive ketones (excluding diaryl/α,β-unsaturated/α-hetero) is 1. The van der Waals surface area contributed by atoms with Crippen molar-refractivity contribution in [2.45, 2.75) is 19.2 Å². The molecular formula is C24H25N4O5+. The number of furan rings is 1. The van der Waals surface area contributed by atoms with E-state index in [-0.39, 0.29) is 17.7 Å². The Kier molecular flexibility index (Phi) is 6.32. The fourth-order valence-corrected chi connectivity index (χ4v) is 3.68. The van der Waals surface area contributed by atoms with Crippen LogP contribution in [0.1, 0.15) is 39.5 Å². The summed E-state index contributed by atoms with van der Waals surface area (Å²) in [6, 6.07) is 14.5. The SMILES string of the molecule is COc1cc(-c2ccc(C(=O)C(OC)c3ccc(C4N=N[N+](C)=N4)cc3)o2)cc(OC)c1C. The van der Waals surface area contributed by atoms with Crippen molar-refractivity contribution in [1.82, 2.24) is 0 Å². The van der Waals surface area contributed by atoms with E-state index < -0.39 is 6.10 Å². The minimum atomic E-state index is -0.815. The van der Waals surface area contributed by atoms with Crippen molar-refractivity contribution in [3.63, 3.8) is 0 Å². The van der Waals surface area contributed by atoms with Gasteiger partial charge in [0.2, 0.25) is 5.78 Å². The van der Waals surface area contributed by atoms with Crippen LogP contribution in [0.25, 0.3) is 11.3 Å². The van der Waals surface area contributed by atoms with Crippen LogP contribution in [0.15, 0.2) is 68.4 Å². The number of nitrogens with zero attached hydrogens (tertiary/aromatic N) is 4. The van der Waals surface area contributed by atoms with Crippen LogP contribution in [0.4, 0.5) is 0 Å². The average molecular weight is 449 g/mol. The third-order valence-electron chi connectivity index (χ3n) is 5.46. The highest BCUT2D eigenvalue weighted by Gasteiger charge is 2.27. The molecule has 3 aromatic rings. The van der Waals surface area contributed by atoms with Gasteiger partial charge in [-0.15, -0.1) is 0 Å². The summed E-state index contributed by atoms with van der Waals surface area (Å²) in [6.07, 6.45) is -1.19. The van der Waals surface area contributed by atoms with Gasteiger partial charge in [-0.05, 0) is 46.7 Å². The van der Waals surface area contributed by atoms with Crippen LogP contribution in [0.2, 0.25) is 0 Å². The maximum absolute atomic E-state index is 13.2. The second-order valence-electron chi connectivity index (χ2n) is 7.50. The molecule has 2 aromatic carbocycles. The Hall–Kier alpha value is -3.85. The maximum atomic E-state index is 13.2. The van der Waals surface area contributed by atoms with E-state index in [0.717, 1.165) is 16.7 Å². The van der Waals surface area contributed by atoms with E-state index in [2.05, 4.69) is 15.5 Å². The standard InChI is InChI=1S/C24H25N4O5/c1-14-20(30-3)12-17(13-21(14)31-4)18-10-11-19(33-18)22(29)23(32-5)15-6-8-16(9-7-15)24-25-27-28(2)26-24/h6-13,23-24H,1-5H3/q+1. The lowest BCUT2D eigenvalue weighted by Gasteiger charge is -2.14. The monoisotopic (exact) mass is 449 g/mol. The summed E-state index contributed by atoms with van der Waals surface area (Å²) in [5.74, 6) is 1.78. The number of methoxy groups -OCH3 is 3. The number of ether oxygens (including phenoxy) is 3. The zero-order chi connectivity index (χ0) is 23.5. The molecule has 2 unspecified atom stereocenters. The molecule has 9 nitrogen and oxygen atoms in total. The van der Waals surface area contributed by atoms with Gasteiger partial charge < -0.3 is 18.6 Å². The molecule has 170 valence electrons. The van der Waals surface area contributed by atoms with Crippen LogP contribution in [0.5, 0.6) is 11.5 Å². The Bertz CT molecular complexity index is 1200. The Morgan fingerprint density at radius 1 is 1.03 bits per heavy atom. The van der Waals surface area contributed by atoms with Crippen molar-refractivity contribution in [1.29, 1.82) is 0 Å². The van der Waals surface area contributed by atoms with Gasteiger partial charge in [0.15, 0.2) is 11.0 Å². The van der Waals surface area contributed by atoms with Crippen LogP contribution in [-0.2, 0) is 4.74 Å². The molecule has 1 aliphatic rings. The first-order valence-corrected chi connectivity index (χ1v) is 10.3. The van der Waals surface area contributed by atoms with E-state index in [9.17, 15) is 4.79 Å². The van der Waals surface area contributed by atoms with Gasteiger partial charge in [-0.1, -0.05) is 24.3 Å². The van der Waals surface area contributed by atoms with E-state index in [4.69, 9.17) is 18.6 Å². The van der Waals surface area contributed by atoms with E-state index in [1.54, 1.807) is 33.4 Å². The van der Waals surface area contributed by atoms with Crippen LogP contribution >= 0.6 is 0 Å². The minimum Gasteiger partial charge on any atom is -0.496 e. The van der Waals surface area contributed by atoms with Gasteiger partial charge in [-0.2, -0.15) is 0 Å². The lowest BCUT2D eigenvalue weighted by molar-refractivity contribution is -0.570. The first kappa shape index (κ1) is 22.3. The summed E-state index contributed by atoms with van der Waals surface area (Å²) >= 11 is 0. The van der Waals surface area contributed by atoms with E-state index in [1.807, 2.05) is 43.3 Å². The van der Waals surface area contributed by atoms with Crippen LogP contribution < -0.4 is 9.47 Å². The van der Waals surface area contributed by atoms with E-state index in [0.29, 0.717) is 22.8 Å². The zero-order valence-corrected chi connectivity index (χ0v) is 19.1. The summed E-state index contributed by atoms with van der Waals surface area (Å²) in [4.78, 5) is 14.6. The summed E-state index contributed by atoms with van der Waals surface area (Å²) in [6.45, 7) is 1.91. The molecule has 2 atom stereocenters. The molecule has 1 aliphatic heterocycles. The second-order valence-corrected chi connectivity index (χ2v) is 7.50. The number of azo groups is 1. The molecule has 0 aliphatic carbocycles. The average Bonchev–Trinajstić information content (AvgIpc) is 3.50. The molecule has 9 heteroatoms. The second kappa shape index (κ2) is 9.33. The summed E-state index contributed by atoms with van der Waals surface area (Å²) < 4.78 is 22.3. The van der Waals surface area contributed by atoms with Gasteiger partial charge in [0.1, 0.15) is 30.4 Å². The van der Waals surface area contributed by atoms with Crippen molar-refractivity contribution >= 4 is 5.78 Å². The summed E-state index contributed by atoms with van der Waals surface area (Å²) in [5, 5.41) is 12.2. The minimum absolute atomic E-state index is 0.195. The Balaban J connectivity index is 1.58. The third kappa shape index (κ3) is 4.40. The van der Waals surface area contributed by atoms with Gasteiger partial charge in [0.05, 0.1) is 19.3 Å². The lowest BCUT2D eigenvalue weighted by Crippen LogP contribution is -2.14. The van der Waals surface area contributed by atoms with Crippen LogP contribution in [-0.4, -0.2) is 39.0 Å². The van der Waals surface area contributed by atoms with E-state index in [1.165, 1.54) is 11.9 Å². The van der Waals surface area contributed by atoms with Crippen LogP contribution in [0, 0.1) is 6.92 Å². The van der Waals surface area contributed by atoms with Gasteiger partial charge in [-0.3, -0.25) is 4.79 Å². The molecule has 0 spiro atoms. The van der Waals surface area contributed by atoms with Crippen molar-refractivity contribution in [2.75, 3.05) is 28.4 Å². The predicted octanol–water partition coefficient (Wildman–Crippen LogP) is 5.32. The number of hydrogen-bond acceptors (Lipinski definition) is 8. The predicted molar refractivity (Wildman–Crippen MR) is 119 cm³/mol. The number of ketones is 1.